The van der Waals surface area contributed by atoms with Gasteiger partial charge >= 0.3 is 0 Å². The summed E-state index contributed by atoms with van der Waals surface area (Å²) in [4.78, 5) is 6.83. The molecule has 0 aliphatic heterocycles. The molecule has 178 valence electrons. The van der Waals surface area contributed by atoms with E-state index >= 15 is 0 Å². The summed E-state index contributed by atoms with van der Waals surface area (Å²) in [6.07, 6.45) is 1.92. The molecule has 2 aromatic heterocycles. The maximum atomic E-state index is 6.09. The molecular formula is C29H30N4O2. The minimum atomic E-state index is 0.566. The number of ether oxygens (including phenoxy) is 2. The third-order valence-corrected chi connectivity index (χ3v) is 6.38. The topological polar surface area (TPSA) is 52.4 Å². The molecule has 3 aromatic carbocycles. The summed E-state index contributed by atoms with van der Waals surface area (Å²) in [5, 5.41) is 7.19. The quantitative estimate of drug-likeness (QED) is 0.303. The Balaban J connectivity index is 1.72. The fraction of sp³-hybridized carbons (Fsp3) is 0.241. The van der Waals surface area contributed by atoms with Gasteiger partial charge in [-0.15, -0.1) is 0 Å². The smallest absolute Gasteiger partial charge is 0.161 e. The van der Waals surface area contributed by atoms with Gasteiger partial charge in [0.2, 0.25) is 0 Å². The highest BCUT2D eigenvalue weighted by molar-refractivity contribution is 6.08. The van der Waals surface area contributed by atoms with Crippen LogP contribution in [0.15, 0.2) is 66.9 Å². The Morgan fingerprint density at radius 1 is 0.886 bits per heavy atom. The van der Waals surface area contributed by atoms with Gasteiger partial charge in [-0.2, -0.15) is 5.10 Å². The zero-order valence-corrected chi connectivity index (χ0v) is 20.9. The fourth-order valence-electron chi connectivity index (χ4n) is 4.26. The van der Waals surface area contributed by atoms with Gasteiger partial charge < -0.3 is 14.4 Å². The van der Waals surface area contributed by atoms with Gasteiger partial charge in [0.15, 0.2) is 11.5 Å². The lowest BCUT2D eigenvalue weighted by Crippen LogP contribution is -2.19. The number of fused-ring (bicyclic) bond motifs is 3. The molecule has 0 fully saturated rings. The van der Waals surface area contributed by atoms with Gasteiger partial charge in [-0.25, -0.2) is 4.68 Å². The van der Waals surface area contributed by atoms with Crippen LogP contribution in [0.25, 0.3) is 38.8 Å². The Labute approximate surface area is 205 Å². The first-order valence-corrected chi connectivity index (χ1v) is 11.8. The van der Waals surface area contributed by atoms with Gasteiger partial charge in [0.05, 0.1) is 23.8 Å². The number of aromatic nitrogens is 3. The summed E-state index contributed by atoms with van der Waals surface area (Å²) < 4.78 is 13.7. The molecule has 6 nitrogen and oxygen atoms in total. The van der Waals surface area contributed by atoms with E-state index in [4.69, 9.17) is 19.6 Å². The van der Waals surface area contributed by atoms with Crippen LogP contribution in [0.4, 0.5) is 0 Å². The first-order valence-electron chi connectivity index (χ1n) is 11.8. The van der Waals surface area contributed by atoms with Crippen molar-refractivity contribution in [3.8, 4) is 28.4 Å². The predicted molar refractivity (Wildman–Crippen MR) is 142 cm³/mol. The zero-order valence-electron chi connectivity index (χ0n) is 20.9. The Bertz CT molecular complexity index is 1520. The number of benzene rings is 3. The lowest BCUT2D eigenvalue weighted by Gasteiger charge is -2.14. The molecule has 5 rings (SSSR count). The minimum Gasteiger partial charge on any atom is -0.493 e. The number of aryl methyl sites for hydroxylation is 2. The number of hydrogen-bond donors (Lipinski definition) is 0. The van der Waals surface area contributed by atoms with Crippen LogP contribution in [-0.4, -0.2) is 54.0 Å². The molecule has 35 heavy (non-hydrogen) atoms. The molecule has 6 heteroatoms. The molecule has 0 aliphatic carbocycles. The molecule has 0 saturated heterocycles. The van der Waals surface area contributed by atoms with E-state index in [0.29, 0.717) is 18.1 Å². The average Bonchev–Trinajstić information content (AvgIpc) is 3.26. The van der Waals surface area contributed by atoms with Crippen molar-refractivity contribution in [2.45, 2.75) is 13.8 Å². The molecule has 0 bridgehead atoms. The summed E-state index contributed by atoms with van der Waals surface area (Å²) in [6.45, 7) is 5.64. The molecule has 5 aromatic rings. The standard InChI is InChI=1S/C29H30N4O2/c1-19-10-12-22(16-20(19)2)33-29-23-8-6-7-9-25(23)30-18-24(29)28(31-33)21-11-13-26(34-5)27(17-21)35-15-14-32(3)4/h6-13,16-18H,14-15H2,1-5H3. The summed E-state index contributed by atoms with van der Waals surface area (Å²) in [7, 11) is 5.72. The van der Waals surface area contributed by atoms with E-state index in [-0.39, 0.29) is 0 Å². The monoisotopic (exact) mass is 466 g/mol. The summed E-state index contributed by atoms with van der Waals surface area (Å²) in [5.74, 6) is 1.41. The zero-order chi connectivity index (χ0) is 24.5. The molecule has 2 heterocycles. The van der Waals surface area contributed by atoms with Crippen molar-refractivity contribution < 1.29 is 9.47 Å². The summed E-state index contributed by atoms with van der Waals surface area (Å²) in [6, 6.07) is 20.6. The maximum Gasteiger partial charge on any atom is 0.161 e. The molecule has 0 N–H and O–H groups in total. The molecule has 0 saturated carbocycles. The van der Waals surface area contributed by atoms with Gasteiger partial charge in [-0.3, -0.25) is 4.98 Å². The number of nitrogens with zero attached hydrogens (tertiary/aromatic N) is 4. The van der Waals surface area contributed by atoms with Crippen molar-refractivity contribution in [2.24, 2.45) is 0 Å². The Morgan fingerprint density at radius 2 is 1.71 bits per heavy atom. The largest absolute Gasteiger partial charge is 0.493 e. The number of pyridine rings is 1. The van der Waals surface area contributed by atoms with Crippen molar-refractivity contribution >= 4 is 21.8 Å². The summed E-state index contributed by atoms with van der Waals surface area (Å²) in [5.41, 5.74) is 7.31. The minimum absolute atomic E-state index is 0.566. The van der Waals surface area contributed by atoms with Crippen LogP contribution in [0.5, 0.6) is 11.5 Å². The fourth-order valence-corrected chi connectivity index (χ4v) is 4.26. The van der Waals surface area contributed by atoms with Crippen LogP contribution in [0.3, 0.4) is 0 Å². The first kappa shape index (κ1) is 22.9. The third kappa shape index (κ3) is 4.33. The lowest BCUT2D eigenvalue weighted by atomic mass is 10.1. The highest BCUT2D eigenvalue weighted by Crippen LogP contribution is 2.37. The van der Waals surface area contributed by atoms with Gasteiger partial charge in [-0.1, -0.05) is 24.3 Å². The lowest BCUT2D eigenvalue weighted by molar-refractivity contribution is 0.251. The van der Waals surface area contributed by atoms with E-state index in [0.717, 1.165) is 45.3 Å². The van der Waals surface area contributed by atoms with E-state index in [1.165, 1.54) is 11.1 Å². The second-order valence-electron chi connectivity index (χ2n) is 9.08. The van der Waals surface area contributed by atoms with Crippen LogP contribution in [0.2, 0.25) is 0 Å². The maximum absolute atomic E-state index is 6.09. The van der Waals surface area contributed by atoms with Crippen LogP contribution in [0.1, 0.15) is 11.1 Å². The van der Waals surface area contributed by atoms with E-state index in [1.807, 2.05) is 61.4 Å². The van der Waals surface area contributed by atoms with Crippen LogP contribution in [0, 0.1) is 13.8 Å². The predicted octanol–water partition coefficient (Wildman–Crippen LogP) is 5.81. The number of likely N-dealkylation sites (N-methyl/N-ethyl adjacent to an activating group) is 1. The Kier molecular flexibility index (Phi) is 6.14. The molecule has 0 spiro atoms. The number of para-hydroxylation sites is 1. The van der Waals surface area contributed by atoms with E-state index in [2.05, 4.69) is 43.0 Å². The Hall–Kier alpha value is -3.90. The van der Waals surface area contributed by atoms with Crippen LogP contribution < -0.4 is 9.47 Å². The molecule has 0 amide bonds. The van der Waals surface area contributed by atoms with E-state index in [9.17, 15) is 0 Å². The van der Waals surface area contributed by atoms with Gasteiger partial charge in [0.25, 0.3) is 0 Å². The number of rotatable bonds is 7. The second-order valence-corrected chi connectivity index (χ2v) is 9.08. The normalized spacial score (nSPS) is 11.5. The highest BCUT2D eigenvalue weighted by Gasteiger charge is 2.19. The van der Waals surface area contributed by atoms with Crippen molar-refractivity contribution in [1.29, 1.82) is 0 Å². The molecule has 0 atom stereocenters. The molecule has 0 aliphatic rings. The number of methoxy groups -OCH3 is 1. The third-order valence-electron chi connectivity index (χ3n) is 6.38. The van der Waals surface area contributed by atoms with Gasteiger partial charge in [-0.05, 0) is 75.5 Å². The van der Waals surface area contributed by atoms with Crippen molar-refractivity contribution in [3.63, 3.8) is 0 Å². The molecule has 0 unspecified atom stereocenters. The molecular weight excluding hydrogens is 436 g/mol. The van der Waals surface area contributed by atoms with Gasteiger partial charge in [0, 0.05) is 29.1 Å². The van der Waals surface area contributed by atoms with E-state index < -0.39 is 0 Å². The van der Waals surface area contributed by atoms with Gasteiger partial charge in [0.1, 0.15) is 12.3 Å². The SMILES string of the molecule is COc1ccc(-c2nn(-c3ccc(C)c(C)c3)c3c2cnc2ccccc23)cc1OCCN(C)C. The second kappa shape index (κ2) is 9.39. The molecule has 0 radical (unpaired) electrons. The van der Waals surface area contributed by atoms with E-state index in [1.54, 1.807) is 7.11 Å². The van der Waals surface area contributed by atoms with Crippen molar-refractivity contribution in [1.82, 2.24) is 19.7 Å². The first-order chi connectivity index (χ1) is 17.0. The average molecular weight is 467 g/mol. The number of hydrogen-bond acceptors (Lipinski definition) is 5. The Morgan fingerprint density at radius 3 is 2.49 bits per heavy atom. The van der Waals surface area contributed by atoms with Crippen LogP contribution in [-0.2, 0) is 0 Å². The van der Waals surface area contributed by atoms with Crippen molar-refractivity contribution in [3.05, 3.63) is 78.0 Å². The highest BCUT2D eigenvalue weighted by atomic mass is 16.5. The van der Waals surface area contributed by atoms with Crippen molar-refractivity contribution in [2.75, 3.05) is 34.4 Å². The van der Waals surface area contributed by atoms with Crippen LogP contribution >= 0.6 is 0 Å². The summed E-state index contributed by atoms with van der Waals surface area (Å²) >= 11 is 0.